The molecule has 0 aliphatic heterocycles. The van der Waals surface area contributed by atoms with Crippen LogP contribution in [0.15, 0.2) is 29.2 Å². The molecular weight excluding hydrogens is 284 g/mol. The Kier molecular flexibility index (Phi) is 5.41. The minimum absolute atomic E-state index is 0.156. The third-order valence-electron chi connectivity index (χ3n) is 4.18. The Balaban J connectivity index is 2.04. The smallest absolute Gasteiger partial charge is 0.240 e. The molecule has 0 saturated heterocycles. The maximum absolute atomic E-state index is 12.3. The lowest BCUT2D eigenvalue weighted by atomic mass is 10.1. The zero-order chi connectivity index (χ0) is 15.5. The minimum atomic E-state index is -3.39. The zero-order valence-electron chi connectivity index (χ0n) is 13.1. The summed E-state index contributed by atoms with van der Waals surface area (Å²) in [5.74, 6) is 1.16. The first-order chi connectivity index (χ1) is 9.94. The van der Waals surface area contributed by atoms with Crippen LogP contribution in [-0.4, -0.2) is 21.5 Å². The van der Waals surface area contributed by atoms with E-state index in [9.17, 15) is 8.42 Å². The van der Waals surface area contributed by atoms with Gasteiger partial charge in [-0.1, -0.05) is 26.0 Å². The topological polar surface area (TPSA) is 58.2 Å². The molecular formula is C16H26N2O2S. The van der Waals surface area contributed by atoms with Crippen molar-refractivity contribution in [1.29, 1.82) is 0 Å². The third-order valence-corrected chi connectivity index (χ3v) is 5.60. The average molecular weight is 310 g/mol. The van der Waals surface area contributed by atoms with Crippen molar-refractivity contribution in [2.45, 2.75) is 44.6 Å². The number of hydrogen-bond donors (Lipinski definition) is 2. The van der Waals surface area contributed by atoms with Gasteiger partial charge < -0.3 is 5.32 Å². The summed E-state index contributed by atoms with van der Waals surface area (Å²) in [5.41, 5.74) is 1.01. The second kappa shape index (κ2) is 6.90. The van der Waals surface area contributed by atoms with E-state index in [1.165, 1.54) is 0 Å². The van der Waals surface area contributed by atoms with E-state index in [-0.39, 0.29) is 6.04 Å². The number of rotatable bonds is 8. The molecule has 0 radical (unpaired) electrons. The van der Waals surface area contributed by atoms with Gasteiger partial charge >= 0.3 is 0 Å². The summed E-state index contributed by atoms with van der Waals surface area (Å²) in [4.78, 5) is 0.360. The molecule has 0 bridgehead atoms. The summed E-state index contributed by atoms with van der Waals surface area (Å²) < 4.78 is 27.4. The lowest BCUT2D eigenvalue weighted by Crippen LogP contribution is -2.26. The van der Waals surface area contributed by atoms with Gasteiger partial charge in [-0.2, -0.15) is 0 Å². The predicted octanol–water partition coefficient (Wildman–Crippen LogP) is 2.68. The highest BCUT2D eigenvalue weighted by Crippen LogP contribution is 2.37. The van der Waals surface area contributed by atoms with Gasteiger partial charge in [0, 0.05) is 12.6 Å². The molecule has 1 aromatic carbocycles. The van der Waals surface area contributed by atoms with Crippen molar-refractivity contribution in [2.75, 3.05) is 13.1 Å². The van der Waals surface area contributed by atoms with E-state index in [2.05, 4.69) is 30.8 Å². The molecule has 0 amide bonds. The van der Waals surface area contributed by atoms with E-state index in [0.29, 0.717) is 23.3 Å². The monoisotopic (exact) mass is 310 g/mol. The molecule has 1 fully saturated rings. The van der Waals surface area contributed by atoms with Crippen LogP contribution in [0.5, 0.6) is 0 Å². The van der Waals surface area contributed by atoms with Gasteiger partial charge in [0.2, 0.25) is 10.0 Å². The van der Waals surface area contributed by atoms with Crippen LogP contribution in [0.25, 0.3) is 0 Å². The van der Waals surface area contributed by atoms with Crippen LogP contribution >= 0.6 is 0 Å². The Morgan fingerprint density at radius 1 is 1.38 bits per heavy atom. The highest BCUT2D eigenvalue weighted by molar-refractivity contribution is 7.89. The molecule has 2 rings (SSSR count). The lowest BCUT2D eigenvalue weighted by Gasteiger charge is -2.15. The molecule has 2 N–H and O–H groups in total. The summed E-state index contributed by atoms with van der Waals surface area (Å²) in [5, 5.41) is 3.38. The maximum atomic E-state index is 12.3. The first kappa shape index (κ1) is 16.5. The second-order valence-corrected chi connectivity index (χ2v) is 7.84. The van der Waals surface area contributed by atoms with E-state index in [1.807, 2.05) is 12.1 Å². The molecule has 1 saturated carbocycles. The Morgan fingerprint density at radius 2 is 2.10 bits per heavy atom. The number of nitrogens with one attached hydrogen (secondary N) is 2. The molecule has 1 aromatic rings. The molecule has 5 heteroatoms. The number of hydrogen-bond acceptors (Lipinski definition) is 3. The molecule has 118 valence electrons. The highest BCUT2D eigenvalue weighted by Gasteiger charge is 2.33. The van der Waals surface area contributed by atoms with Gasteiger partial charge in [0.15, 0.2) is 0 Å². The van der Waals surface area contributed by atoms with E-state index in [0.717, 1.165) is 24.9 Å². The van der Waals surface area contributed by atoms with Crippen molar-refractivity contribution in [3.8, 4) is 0 Å². The van der Waals surface area contributed by atoms with Gasteiger partial charge in [-0.3, -0.25) is 0 Å². The van der Waals surface area contributed by atoms with Crippen molar-refractivity contribution < 1.29 is 8.42 Å². The Labute approximate surface area is 128 Å². The fraction of sp³-hybridized carbons (Fsp3) is 0.625. The molecule has 0 spiro atoms. The summed E-state index contributed by atoms with van der Waals surface area (Å²) in [6.45, 7) is 7.80. The van der Waals surface area contributed by atoms with Crippen LogP contribution < -0.4 is 10.0 Å². The van der Waals surface area contributed by atoms with Gasteiger partial charge in [0.25, 0.3) is 0 Å². The van der Waals surface area contributed by atoms with Crippen molar-refractivity contribution >= 4 is 10.0 Å². The van der Waals surface area contributed by atoms with Crippen molar-refractivity contribution in [3.05, 3.63) is 29.8 Å². The van der Waals surface area contributed by atoms with Crippen LogP contribution in [0.2, 0.25) is 0 Å². The molecule has 3 atom stereocenters. The molecule has 0 heterocycles. The van der Waals surface area contributed by atoms with Crippen LogP contribution in [0.4, 0.5) is 0 Å². The van der Waals surface area contributed by atoms with Crippen LogP contribution in [0.3, 0.4) is 0 Å². The van der Waals surface area contributed by atoms with Crippen molar-refractivity contribution in [2.24, 2.45) is 11.8 Å². The average Bonchev–Trinajstić information content (AvgIpc) is 3.19. The molecule has 1 aliphatic carbocycles. The summed E-state index contributed by atoms with van der Waals surface area (Å²) in [6, 6.07) is 7.37. The maximum Gasteiger partial charge on any atom is 0.240 e. The van der Waals surface area contributed by atoms with Crippen LogP contribution in [0, 0.1) is 11.8 Å². The molecule has 3 unspecified atom stereocenters. The van der Waals surface area contributed by atoms with Crippen LogP contribution in [-0.2, 0) is 10.0 Å². The quantitative estimate of drug-likeness (QED) is 0.776. The van der Waals surface area contributed by atoms with E-state index < -0.39 is 10.0 Å². The third kappa shape index (κ3) is 4.53. The Hall–Kier alpha value is -0.910. The fourth-order valence-corrected chi connectivity index (χ4v) is 3.56. The van der Waals surface area contributed by atoms with E-state index in [1.54, 1.807) is 12.1 Å². The summed E-state index contributed by atoms with van der Waals surface area (Å²) in [6.07, 6.45) is 2.18. The lowest BCUT2D eigenvalue weighted by molar-refractivity contribution is 0.565. The Bertz CT molecular complexity index is 571. The van der Waals surface area contributed by atoms with Crippen molar-refractivity contribution in [1.82, 2.24) is 10.0 Å². The first-order valence-corrected chi connectivity index (χ1v) is 9.25. The van der Waals surface area contributed by atoms with Crippen LogP contribution in [0.1, 0.15) is 45.2 Å². The van der Waals surface area contributed by atoms with Gasteiger partial charge in [-0.15, -0.1) is 0 Å². The second-order valence-electron chi connectivity index (χ2n) is 6.07. The van der Waals surface area contributed by atoms with E-state index >= 15 is 0 Å². The van der Waals surface area contributed by atoms with Gasteiger partial charge in [-0.25, -0.2) is 13.1 Å². The van der Waals surface area contributed by atoms with E-state index in [4.69, 9.17) is 0 Å². The minimum Gasteiger partial charge on any atom is -0.310 e. The molecule has 1 aliphatic rings. The fourth-order valence-electron chi connectivity index (χ4n) is 2.41. The van der Waals surface area contributed by atoms with Gasteiger partial charge in [0.1, 0.15) is 0 Å². The SMILES string of the molecule is CCCNC(C)c1cccc(S(=O)(=O)NCC2CC2C)c1. The number of sulfonamides is 1. The highest BCUT2D eigenvalue weighted by atomic mass is 32.2. The zero-order valence-corrected chi connectivity index (χ0v) is 13.9. The first-order valence-electron chi connectivity index (χ1n) is 7.77. The largest absolute Gasteiger partial charge is 0.310 e. The van der Waals surface area contributed by atoms with Gasteiger partial charge in [-0.05, 0) is 55.8 Å². The molecule has 21 heavy (non-hydrogen) atoms. The molecule has 0 aromatic heterocycles. The van der Waals surface area contributed by atoms with Gasteiger partial charge in [0.05, 0.1) is 4.90 Å². The normalized spacial score (nSPS) is 23.0. The predicted molar refractivity (Wildman–Crippen MR) is 85.6 cm³/mol. The summed E-state index contributed by atoms with van der Waals surface area (Å²) in [7, 11) is -3.39. The molecule has 4 nitrogen and oxygen atoms in total. The number of benzene rings is 1. The Morgan fingerprint density at radius 3 is 2.71 bits per heavy atom. The van der Waals surface area contributed by atoms with Crippen molar-refractivity contribution in [3.63, 3.8) is 0 Å². The summed E-state index contributed by atoms with van der Waals surface area (Å²) >= 11 is 0. The standard InChI is InChI=1S/C16H26N2O2S/c1-4-8-17-13(3)14-6-5-7-16(10-14)21(19,20)18-11-15-9-12(15)2/h5-7,10,12-13,15,17-18H,4,8-9,11H2,1-3H3.